The molecule has 1 unspecified atom stereocenters. The number of hydrogen-bond donors (Lipinski definition) is 1. The number of aromatic nitrogens is 2. The molecule has 6 heteroatoms. The second-order valence-electron chi connectivity index (χ2n) is 6.15. The summed E-state index contributed by atoms with van der Waals surface area (Å²) >= 11 is 0. The zero-order chi connectivity index (χ0) is 16.9. The number of likely N-dealkylation sites (tertiary alicyclic amines) is 1. The highest BCUT2D eigenvalue weighted by atomic mass is 16.5. The van der Waals surface area contributed by atoms with Crippen LogP contribution in [0.1, 0.15) is 34.8 Å². The van der Waals surface area contributed by atoms with Crippen molar-refractivity contribution in [2.75, 3.05) is 26.7 Å². The molecule has 1 atom stereocenters. The van der Waals surface area contributed by atoms with Gasteiger partial charge in [-0.05, 0) is 43.6 Å². The van der Waals surface area contributed by atoms with Crippen molar-refractivity contribution in [2.24, 2.45) is 7.05 Å². The first-order valence-electron chi connectivity index (χ1n) is 8.32. The average molecular weight is 328 g/mol. The molecule has 1 N–H and O–H groups in total. The van der Waals surface area contributed by atoms with E-state index in [4.69, 9.17) is 4.74 Å². The summed E-state index contributed by atoms with van der Waals surface area (Å²) in [5.41, 5.74) is 1.76. The summed E-state index contributed by atoms with van der Waals surface area (Å²) in [6.45, 7) is 2.69. The highest BCUT2D eigenvalue weighted by Gasteiger charge is 2.24. The summed E-state index contributed by atoms with van der Waals surface area (Å²) in [5, 5.41) is 7.10. The van der Waals surface area contributed by atoms with E-state index < -0.39 is 0 Å². The zero-order valence-electron chi connectivity index (χ0n) is 14.2. The molecule has 1 aromatic heterocycles. The molecule has 0 radical (unpaired) electrons. The van der Waals surface area contributed by atoms with E-state index in [1.54, 1.807) is 31.2 Å². The number of benzene rings is 1. The normalized spacial score (nSPS) is 16.1. The third-order valence-corrected chi connectivity index (χ3v) is 4.48. The highest BCUT2D eigenvalue weighted by molar-refractivity contribution is 5.93. The van der Waals surface area contributed by atoms with Gasteiger partial charge in [-0.1, -0.05) is 12.1 Å². The van der Waals surface area contributed by atoms with Crippen molar-refractivity contribution in [3.8, 4) is 5.75 Å². The molecule has 2 heterocycles. The van der Waals surface area contributed by atoms with Gasteiger partial charge in [-0.25, -0.2) is 0 Å². The van der Waals surface area contributed by atoms with Gasteiger partial charge < -0.3 is 10.1 Å². The van der Waals surface area contributed by atoms with Gasteiger partial charge in [-0.3, -0.25) is 14.4 Å². The first kappa shape index (κ1) is 16.5. The second-order valence-corrected chi connectivity index (χ2v) is 6.15. The van der Waals surface area contributed by atoms with Gasteiger partial charge in [-0.15, -0.1) is 0 Å². The molecular formula is C18H24N4O2. The lowest BCUT2D eigenvalue weighted by Crippen LogP contribution is -2.36. The topological polar surface area (TPSA) is 59.4 Å². The van der Waals surface area contributed by atoms with Gasteiger partial charge in [0.2, 0.25) is 0 Å². The Morgan fingerprint density at radius 3 is 2.83 bits per heavy atom. The number of nitrogens with zero attached hydrogens (tertiary/aromatic N) is 3. The third kappa shape index (κ3) is 3.76. The van der Waals surface area contributed by atoms with Gasteiger partial charge in [0.1, 0.15) is 5.75 Å². The Morgan fingerprint density at radius 2 is 2.17 bits per heavy atom. The summed E-state index contributed by atoms with van der Waals surface area (Å²) in [6.07, 6.45) is 5.73. The summed E-state index contributed by atoms with van der Waals surface area (Å²) in [4.78, 5) is 14.8. The molecule has 0 aliphatic carbocycles. The number of nitrogens with one attached hydrogen (secondary N) is 1. The predicted molar refractivity (Wildman–Crippen MR) is 92.1 cm³/mol. The molecule has 0 bridgehead atoms. The minimum atomic E-state index is -0.0878. The minimum absolute atomic E-state index is 0.0878. The summed E-state index contributed by atoms with van der Waals surface area (Å²) in [7, 11) is 3.48. The maximum absolute atomic E-state index is 12.3. The summed E-state index contributed by atoms with van der Waals surface area (Å²) in [5.74, 6) is 0.755. The van der Waals surface area contributed by atoms with Gasteiger partial charge >= 0.3 is 0 Å². The van der Waals surface area contributed by atoms with Crippen LogP contribution in [0.3, 0.4) is 0 Å². The minimum Gasteiger partial charge on any atom is -0.497 e. The van der Waals surface area contributed by atoms with Crippen molar-refractivity contribution < 1.29 is 9.53 Å². The van der Waals surface area contributed by atoms with Crippen LogP contribution < -0.4 is 10.1 Å². The molecule has 1 aromatic carbocycles. The molecule has 1 fully saturated rings. The van der Waals surface area contributed by atoms with Crippen LogP contribution in [0.4, 0.5) is 0 Å². The molecule has 2 aromatic rings. The van der Waals surface area contributed by atoms with Crippen LogP contribution in [0.25, 0.3) is 0 Å². The van der Waals surface area contributed by atoms with Gasteiger partial charge in [0.05, 0.1) is 24.9 Å². The first-order valence-corrected chi connectivity index (χ1v) is 8.32. The largest absolute Gasteiger partial charge is 0.497 e. The number of carbonyl (C=O) groups excluding carboxylic acids is 1. The molecule has 1 aliphatic rings. The van der Waals surface area contributed by atoms with Gasteiger partial charge in [-0.2, -0.15) is 5.10 Å². The number of hydrogen-bond acceptors (Lipinski definition) is 4. The molecule has 6 nitrogen and oxygen atoms in total. The van der Waals surface area contributed by atoms with E-state index in [2.05, 4.69) is 27.4 Å². The van der Waals surface area contributed by atoms with Crippen LogP contribution in [0, 0.1) is 0 Å². The van der Waals surface area contributed by atoms with Gasteiger partial charge in [0.15, 0.2) is 0 Å². The average Bonchev–Trinajstić information content (AvgIpc) is 3.27. The Kier molecular flexibility index (Phi) is 5.15. The van der Waals surface area contributed by atoms with Crippen LogP contribution in [-0.2, 0) is 7.05 Å². The standard InChI is InChI=1S/C18H24N4O2/c1-21-13-15(11-20-21)18(23)19-12-17(22-8-3-4-9-22)14-6-5-7-16(10-14)24-2/h5-7,10-11,13,17H,3-4,8-9,12H2,1-2H3,(H,19,23). The molecule has 1 amide bonds. The van der Waals surface area contributed by atoms with E-state index in [1.165, 1.54) is 18.4 Å². The lowest BCUT2D eigenvalue weighted by molar-refractivity contribution is 0.0938. The maximum atomic E-state index is 12.3. The molecule has 3 rings (SSSR count). The fraction of sp³-hybridized carbons (Fsp3) is 0.444. The SMILES string of the molecule is COc1cccc(C(CNC(=O)c2cnn(C)c2)N2CCCC2)c1. The highest BCUT2D eigenvalue weighted by Crippen LogP contribution is 2.27. The van der Waals surface area contributed by atoms with E-state index in [-0.39, 0.29) is 11.9 Å². The van der Waals surface area contributed by atoms with E-state index in [0.717, 1.165) is 18.8 Å². The second kappa shape index (κ2) is 7.49. The Labute approximate surface area is 142 Å². The quantitative estimate of drug-likeness (QED) is 0.881. The lowest BCUT2D eigenvalue weighted by Gasteiger charge is -2.28. The Hall–Kier alpha value is -2.34. The van der Waals surface area contributed by atoms with E-state index in [0.29, 0.717) is 12.1 Å². The fourth-order valence-electron chi connectivity index (χ4n) is 3.19. The van der Waals surface area contributed by atoms with Crippen molar-refractivity contribution in [2.45, 2.75) is 18.9 Å². The number of carbonyl (C=O) groups is 1. The molecule has 24 heavy (non-hydrogen) atoms. The summed E-state index contributed by atoms with van der Waals surface area (Å²) < 4.78 is 6.98. The van der Waals surface area contributed by atoms with Crippen molar-refractivity contribution in [1.29, 1.82) is 0 Å². The number of amides is 1. The predicted octanol–water partition coefficient (Wildman–Crippen LogP) is 2.00. The fourth-order valence-corrected chi connectivity index (χ4v) is 3.19. The zero-order valence-corrected chi connectivity index (χ0v) is 14.2. The van der Waals surface area contributed by atoms with Crippen LogP contribution in [0.5, 0.6) is 5.75 Å². The smallest absolute Gasteiger partial charge is 0.254 e. The number of ether oxygens (including phenoxy) is 1. The van der Waals surface area contributed by atoms with Crippen molar-refractivity contribution in [3.63, 3.8) is 0 Å². The molecule has 0 spiro atoms. The van der Waals surface area contributed by atoms with Crippen LogP contribution in [0.15, 0.2) is 36.7 Å². The molecule has 128 valence electrons. The van der Waals surface area contributed by atoms with Gasteiger partial charge in [0.25, 0.3) is 5.91 Å². The van der Waals surface area contributed by atoms with E-state index >= 15 is 0 Å². The monoisotopic (exact) mass is 328 g/mol. The van der Waals surface area contributed by atoms with Crippen molar-refractivity contribution >= 4 is 5.91 Å². The third-order valence-electron chi connectivity index (χ3n) is 4.48. The number of methoxy groups -OCH3 is 1. The molecular weight excluding hydrogens is 304 g/mol. The van der Waals surface area contributed by atoms with Crippen LogP contribution in [0.2, 0.25) is 0 Å². The Bertz CT molecular complexity index is 692. The Morgan fingerprint density at radius 1 is 1.38 bits per heavy atom. The summed E-state index contributed by atoms with van der Waals surface area (Å²) in [6, 6.07) is 8.25. The first-order chi connectivity index (χ1) is 11.7. The van der Waals surface area contributed by atoms with Crippen molar-refractivity contribution in [1.82, 2.24) is 20.0 Å². The van der Waals surface area contributed by atoms with Crippen molar-refractivity contribution in [3.05, 3.63) is 47.8 Å². The lowest BCUT2D eigenvalue weighted by atomic mass is 10.0. The van der Waals surface area contributed by atoms with E-state index in [1.807, 2.05) is 12.1 Å². The van der Waals surface area contributed by atoms with Gasteiger partial charge in [0, 0.05) is 19.8 Å². The maximum Gasteiger partial charge on any atom is 0.254 e. The molecule has 1 saturated heterocycles. The van der Waals surface area contributed by atoms with E-state index in [9.17, 15) is 4.79 Å². The van der Waals surface area contributed by atoms with Crippen LogP contribution >= 0.6 is 0 Å². The Balaban J connectivity index is 1.73. The molecule has 0 saturated carbocycles. The molecule has 1 aliphatic heterocycles. The van der Waals surface area contributed by atoms with Crippen LogP contribution in [-0.4, -0.2) is 47.3 Å². The number of aryl methyl sites for hydroxylation is 1. The number of rotatable bonds is 6.